The molecule has 0 aliphatic heterocycles. The minimum absolute atomic E-state index is 0. The standard InChI is InChI=1S/C8H9.Ti/c1-7-3-5-8(2)6-4-7;/h3-6H,1H2,2H3;/q-1;. The van der Waals surface area contributed by atoms with Crippen LogP contribution in [0.15, 0.2) is 24.3 Å². The van der Waals surface area contributed by atoms with Gasteiger partial charge in [-0.2, -0.15) is 24.6 Å². The Balaban J connectivity index is 0.000000640. The maximum absolute atomic E-state index is 3.76. The van der Waals surface area contributed by atoms with Gasteiger partial charge in [0.25, 0.3) is 0 Å². The Morgan fingerprint density at radius 1 is 1.11 bits per heavy atom. The Morgan fingerprint density at radius 2 is 1.56 bits per heavy atom. The molecule has 0 radical (unpaired) electrons. The van der Waals surface area contributed by atoms with Gasteiger partial charge in [-0.25, -0.2) is 0 Å². The Bertz CT molecular complexity index is 143. The number of benzene rings is 1. The van der Waals surface area contributed by atoms with Crippen LogP contribution in [0.3, 0.4) is 0 Å². The van der Waals surface area contributed by atoms with E-state index in [4.69, 9.17) is 0 Å². The van der Waals surface area contributed by atoms with Gasteiger partial charge in [-0.3, -0.25) is 0 Å². The van der Waals surface area contributed by atoms with E-state index in [2.05, 4.69) is 26.0 Å². The van der Waals surface area contributed by atoms with Gasteiger partial charge in [0.2, 0.25) is 0 Å². The molecule has 0 saturated carbocycles. The zero-order chi connectivity index (χ0) is 5.98. The molecule has 1 rings (SSSR count). The van der Waals surface area contributed by atoms with Gasteiger partial charge in [-0.15, -0.1) is 12.1 Å². The minimum atomic E-state index is 0. The first-order valence-electron chi connectivity index (χ1n) is 2.67. The SMILES string of the molecule is [CH2-]c1ccc(C)cc1.[Ti]. The van der Waals surface area contributed by atoms with Crippen LogP contribution in [0.2, 0.25) is 0 Å². The third kappa shape index (κ3) is 2.74. The van der Waals surface area contributed by atoms with Gasteiger partial charge in [0.1, 0.15) is 0 Å². The van der Waals surface area contributed by atoms with Crippen LogP contribution in [-0.4, -0.2) is 0 Å². The molecule has 1 heteroatoms. The van der Waals surface area contributed by atoms with Gasteiger partial charge in [0.15, 0.2) is 0 Å². The van der Waals surface area contributed by atoms with E-state index in [0.29, 0.717) is 0 Å². The number of rotatable bonds is 0. The molecule has 0 aliphatic rings. The Kier molecular flexibility index (Phi) is 3.68. The van der Waals surface area contributed by atoms with Gasteiger partial charge in [0, 0.05) is 21.7 Å². The summed E-state index contributed by atoms with van der Waals surface area (Å²) in [6.07, 6.45) is 0. The zero-order valence-corrected chi connectivity index (χ0v) is 7.08. The largest absolute Gasteiger partial charge is 0.199 e. The van der Waals surface area contributed by atoms with Crippen molar-refractivity contribution < 1.29 is 21.7 Å². The molecule has 0 fully saturated rings. The fraction of sp³-hybridized carbons (Fsp3) is 0.125. The van der Waals surface area contributed by atoms with Gasteiger partial charge in [-0.05, 0) is 6.92 Å². The van der Waals surface area contributed by atoms with Crippen LogP contribution >= 0.6 is 0 Å². The second-order valence-corrected chi connectivity index (χ2v) is 1.99. The molecule has 1 aromatic carbocycles. The molecule has 0 saturated heterocycles. The van der Waals surface area contributed by atoms with Crippen LogP contribution in [0.4, 0.5) is 0 Å². The van der Waals surface area contributed by atoms with Crippen molar-refractivity contribution in [3.63, 3.8) is 0 Å². The molecule has 0 unspecified atom stereocenters. The van der Waals surface area contributed by atoms with Gasteiger partial charge < -0.3 is 0 Å². The van der Waals surface area contributed by atoms with Crippen molar-refractivity contribution in [1.82, 2.24) is 0 Å². The normalized spacial score (nSPS) is 8.11. The summed E-state index contributed by atoms with van der Waals surface area (Å²) in [7, 11) is 0. The summed E-state index contributed by atoms with van der Waals surface area (Å²) in [5, 5.41) is 0. The first-order chi connectivity index (χ1) is 3.79. The van der Waals surface area contributed by atoms with E-state index >= 15 is 0 Å². The van der Waals surface area contributed by atoms with E-state index in [1.54, 1.807) is 0 Å². The van der Waals surface area contributed by atoms with Crippen molar-refractivity contribution >= 4 is 0 Å². The first kappa shape index (κ1) is 8.80. The van der Waals surface area contributed by atoms with E-state index < -0.39 is 0 Å². The molecule has 0 spiro atoms. The fourth-order valence-electron chi connectivity index (χ4n) is 0.588. The molecule has 46 valence electrons. The topological polar surface area (TPSA) is 0 Å². The monoisotopic (exact) mass is 153 g/mol. The maximum atomic E-state index is 3.76. The molecule has 9 heavy (non-hydrogen) atoms. The van der Waals surface area contributed by atoms with Crippen molar-refractivity contribution in [2.45, 2.75) is 6.92 Å². The van der Waals surface area contributed by atoms with E-state index in [9.17, 15) is 0 Å². The predicted molar refractivity (Wildman–Crippen MR) is 35.6 cm³/mol. The number of hydrogen-bond donors (Lipinski definition) is 0. The summed E-state index contributed by atoms with van der Waals surface area (Å²) in [5.74, 6) is 0. The van der Waals surface area contributed by atoms with Crippen molar-refractivity contribution in [2.75, 3.05) is 0 Å². The van der Waals surface area contributed by atoms with Crippen LogP contribution in [-0.2, 0) is 21.7 Å². The van der Waals surface area contributed by atoms with Crippen LogP contribution in [0.1, 0.15) is 11.1 Å². The second kappa shape index (κ2) is 3.76. The third-order valence-electron chi connectivity index (χ3n) is 1.12. The molecule has 0 aliphatic carbocycles. The number of aryl methyl sites for hydroxylation is 1. The van der Waals surface area contributed by atoms with E-state index in [0.717, 1.165) is 5.56 Å². The first-order valence-corrected chi connectivity index (χ1v) is 2.67. The molecule has 0 amide bonds. The molecule has 0 nitrogen and oxygen atoms in total. The smallest absolute Gasteiger partial charge is 0 e. The van der Waals surface area contributed by atoms with Crippen molar-refractivity contribution in [2.24, 2.45) is 0 Å². The van der Waals surface area contributed by atoms with Crippen molar-refractivity contribution in [3.05, 3.63) is 42.3 Å². The molecule has 0 heterocycles. The van der Waals surface area contributed by atoms with Gasteiger partial charge in [-0.1, -0.05) is 5.56 Å². The summed E-state index contributed by atoms with van der Waals surface area (Å²) < 4.78 is 0. The Labute approximate surface area is 71.2 Å². The quantitative estimate of drug-likeness (QED) is 0.395. The zero-order valence-electron chi connectivity index (χ0n) is 5.52. The minimum Gasteiger partial charge on any atom is -0.199 e. The molecular formula is C8H9Ti-. The summed E-state index contributed by atoms with van der Waals surface area (Å²) in [6.45, 7) is 5.83. The van der Waals surface area contributed by atoms with Crippen molar-refractivity contribution in [1.29, 1.82) is 0 Å². The number of hydrogen-bond acceptors (Lipinski definition) is 0. The van der Waals surface area contributed by atoms with Crippen LogP contribution in [0.5, 0.6) is 0 Å². The predicted octanol–water partition coefficient (Wildman–Crippen LogP) is 2.17. The molecule has 0 N–H and O–H groups in total. The van der Waals surface area contributed by atoms with Gasteiger partial charge >= 0.3 is 0 Å². The third-order valence-corrected chi connectivity index (χ3v) is 1.12. The van der Waals surface area contributed by atoms with Crippen LogP contribution in [0, 0.1) is 13.8 Å². The summed E-state index contributed by atoms with van der Waals surface area (Å²) >= 11 is 0. The average molecular weight is 153 g/mol. The summed E-state index contributed by atoms with van der Waals surface area (Å²) in [4.78, 5) is 0. The molecule has 0 bridgehead atoms. The molecule has 1 aromatic rings. The molecule has 0 atom stereocenters. The maximum Gasteiger partial charge on any atom is 0 e. The molecular weight excluding hydrogens is 144 g/mol. The fourth-order valence-corrected chi connectivity index (χ4v) is 0.588. The molecule has 0 aromatic heterocycles. The summed E-state index contributed by atoms with van der Waals surface area (Å²) in [6, 6.07) is 8.13. The van der Waals surface area contributed by atoms with E-state index in [1.165, 1.54) is 5.56 Å². The van der Waals surface area contributed by atoms with Gasteiger partial charge in [0.05, 0.1) is 0 Å². The Hall–Kier alpha value is -0.196. The second-order valence-electron chi connectivity index (χ2n) is 1.99. The van der Waals surface area contributed by atoms with E-state index in [-0.39, 0.29) is 21.7 Å². The van der Waals surface area contributed by atoms with Crippen LogP contribution in [0.25, 0.3) is 0 Å². The van der Waals surface area contributed by atoms with Crippen molar-refractivity contribution in [3.8, 4) is 0 Å². The average Bonchev–Trinajstić information content (AvgIpc) is 1.77. The Morgan fingerprint density at radius 3 is 1.89 bits per heavy atom. The summed E-state index contributed by atoms with van der Waals surface area (Å²) in [5.41, 5.74) is 2.37. The van der Waals surface area contributed by atoms with E-state index in [1.807, 2.05) is 12.1 Å². The van der Waals surface area contributed by atoms with Crippen LogP contribution < -0.4 is 0 Å².